The normalized spacial score (nSPS) is 13.6. The first kappa shape index (κ1) is 19.0. The van der Waals surface area contributed by atoms with Crippen molar-refractivity contribution in [2.45, 2.75) is 38.8 Å². The Morgan fingerprint density at radius 1 is 1.15 bits per heavy atom. The van der Waals surface area contributed by atoms with Gasteiger partial charge in [0.1, 0.15) is 11.5 Å². The molecule has 0 aliphatic carbocycles. The molecule has 0 saturated carbocycles. The van der Waals surface area contributed by atoms with Gasteiger partial charge < -0.3 is 20.3 Å². The molecule has 0 bridgehead atoms. The highest BCUT2D eigenvalue weighted by atomic mass is 35.5. The smallest absolute Gasteiger partial charge is 0.123 e. The van der Waals surface area contributed by atoms with Gasteiger partial charge in [-0.25, -0.2) is 0 Å². The van der Waals surface area contributed by atoms with Crippen LogP contribution in [0.15, 0.2) is 18.2 Å². The summed E-state index contributed by atoms with van der Waals surface area (Å²) in [5, 5.41) is 10.2. The fourth-order valence-corrected chi connectivity index (χ4v) is 1.99. The van der Waals surface area contributed by atoms with Gasteiger partial charge in [-0.1, -0.05) is 13.8 Å². The van der Waals surface area contributed by atoms with E-state index >= 15 is 0 Å². The van der Waals surface area contributed by atoms with Gasteiger partial charge in [-0.05, 0) is 37.0 Å². The summed E-state index contributed by atoms with van der Waals surface area (Å²) in [5.41, 5.74) is 6.92. The third kappa shape index (κ3) is 5.19. The van der Waals surface area contributed by atoms with Crippen molar-refractivity contribution >= 4 is 12.4 Å². The molecule has 116 valence electrons. The Hall–Kier alpha value is -0.970. The highest BCUT2D eigenvalue weighted by Crippen LogP contribution is 2.31. The van der Waals surface area contributed by atoms with E-state index < -0.39 is 12.1 Å². The predicted molar refractivity (Wildman–Crippen MR) is 83.8 cm³/mol. The Balaban J connectivity index is 0.00000361. The van der Waals surface area contributed by atoms with Crippen molar-refractivity contribution in [3.8, 4) is 11.5 Å². The molecule has 0 saturated heterocycles. The van der Waals surface area contributed by atoms with Crippen LogP contribution in [0.5, 0.6) is 11.5 Å². The molecule has 0 aliphatic heterocycles. The quantitative estimate of drug-likeness (QED) is 0.813. The van der Waals surface area contributed by atoms with Crippen LogP contribution in [0, 0.1) is 5.92 Å². The van der Waals surface area contributed by atoms with Crippen LogP contribution in [-0.4, -0.2) is 25.4 Å². The van der Waals surface area contributed by atoms with Crippen LogP contribution in [0.4, 0.5) is 0 Å². The first-order valence-corrected chi connectivity index (χ1v) is 6.65. The Kier molecular flexibility index (Phi) is 8.62. The SMILES string of the molecule is COc1ccc(OC)c([C@@H](N)[C@@H](O)CCC(C)C)c1.Cl. The molecule has 0 aliphatic rings. The van der Waals surface area contributed by atoms with E-state index in [0.717, 1.165) is 12.0 Å². The molecule has 5 heteroatoms. The minimum Gasteiger partial charge on any atom is -0.497 e. The topological polar surface area (TPSA) is 64.7 Å². The van der Waals surface area contributed by atoms with Crippen LogP contribution in [0.1, 0.15) is 38.3 Å². The Morgan fingerprint density at radius 3 is 2.30 bits per heavy atom. The Morgan fingerprint density at radius 2 is 1.80 bits per heavy atom. The zero-order chi connectivity index (χ0) is 14.4. The second kappa shape index (κ2) is 9.06. The van der Waals surface area contributed by atoms with Gasteiger partial charge in [0, 0.05) is 5.56 Å². The van der Waals surface area contributed by atoms with E-state index in [9.17, 15) is 5.11 Å². The van der Waals surface area contributed by atoms with Gasteiger partial charge in [0.25, 0.3) is 0 Å². The van der Waals surface area contributed by atoms with E-state index in [1.54, 1.807) is 14.2 Å². The van der Waals surface area contributed by atoms with Gasteiger partial charge in [0.15, 0.2) is 0 Å². The number of methoxy groups -OCH3 is 2. The number of aliphatic hydroxyl groups is 1. The van der Waals surface area contributed by atoms with Gasteiger partial charge in [0.05, 0.1) is 26.4 Å². The van der Waals surface area contributed by atoms with Crippen LogP contribution in [-0.2, 0) is 0 Å². The van der Waals surface area contributed by atoms with Crippen LogP contribution in [0.25, 0.3) is 0 Å². The molecule has 0 unspecified atom stereocenters. The van der Waals surface area contributed by atoms with Gasteiger partial charge in [-0.2, -0.15) is 0 Å². The summed E-state index contributed by atoms with van der Waals surface area (Å²) in [6, 6.07) is 4.98. The molecule has 0 amide bonds. The molecule has 0 spiro atoms. The number of aliphatic hydroxyl groups excluding tert-OH is 1. The summed E-state index contributed by atoms with van der Waals surface area (Å²) in [7, 11) is 3.20. The standard InChI is InChI=1S/C15H25NO3.ClH/c1-10(2)5-7-13(17)15(16)12-9-11(18-3)6-8-14(12)19-4;/h6,8-10,13,15,17H,5,7,16H2,1-4H3;1H/t13-,15+;/m0./s1. The molecule has 0 heterocycles. The minimum absolute atomic E-state index is 0. The number of halogens is 1. The number of ether oxygens (including phenoxy) is 2. The highest BCUT2D eigenvalue weighted by molar-refractivity contribution is 5.85. The first-order chi connectivity index (χ1) is 8.99. The number of rotatable bonds is 7. The van der Waals surface area contributed by atoms with Crippen LogP contribution in [0.2, 0.25) is 0 Å². The monoisotopic (exact) mass is 303 g/mol. The molecule has 0 radical (unpaired) electrons. The third-order valence-electron chi connectivity index (χ3n) is 3.25. The number of benzene rings is 1. The molecule has 0 aromatic heterocycles. The van der Waals surface area contributed by atoms with Crippen molar-refractivity contribution in [3.63, 3.8) is 0 Å². The second-order valence-electron chi connectivity index (χ2n) is 5.17. The summed E-state index contributed by atoms with van der Waals surface area (Å²) in [6.45, 7) is 4.26. The van der Waals surface area contributed by atoms with Crippen molar-refractivity contribution in [1.82, 2.24) is 0 Å². The van der Waals surface area contributed by atoms with Crippen molar-refractivity contribution in [2.75, 3.05) is 14.2 Å². The maximum atomic E-state index is 10.2. The lowest BCUT2D eigenvalue weighted by Crippen LogP contribution is -2.27. The van der Waals surface area contributed by atoms with E-state index in [2.05, 4.69) is 13.8 Å². The predicted octanol–water partition coefficient (Wildman–Crippen LogP) is 2.92. The van der Waals surface area contributed by atoms with Gasteiger partial charge in [-0.15, -0.1) is 12.4 Å². The van der Waals surface area contributed by atoms with Crippen molar-refractivity contribution in [1.29, 1.82) is 0 Å². The lowest BCUT2D eigenvalue weighted by atomic mass is 9.95. The summed E-state index contributed by atoms with van der Waals surface area (Å²) in [6.07, 6.45) is 1.05. The van der Waals surface area contributed by atoms with Crippen LogP contribution < -0.4 is 15.2 Å². The molecule has 0 fully saturated rings. The van der Waals surface area contributed by atoms with E-state index in [-0.39, 0.29) is 12.4 Å². The Bertz CT molecular complexity index is 399. The fourth-order valence-electron chi connectivity index (χ4n) is 1.99. The summed E-state index contributed by atoms with van der Waals surface area (Å²) < 4.78 is 10.5. The van der Waals surface area contributed by atoms with Gasteiger partial charge in [0.2, 0.25) is 0 Å². The molecule has 1 rings (SSSR count). The molecular formula is C15H26ClNO3. The van der Waals surface area contributed by atoms with Crippen molar-refractivity contribution in [2.24, 2.45) is 11.7 Å². The van der Waals surface area contributed by atoms with Crippen molar-refractivity contribution in [3.05, 3.63) is 23.8 Å². The molecule has 3 N–H and O–H groups in total. The molecule has 20 heavy (non-hydrogen) atoms. The van der Waals surface area contributed by atoms with E-state index in [1.165, 1.54) is 0 Å². The Labute approximate surface area is 127 Å². The van der Waals surface area contributed by atoms with Gasteiger partial charge >= 0.3 is 0 Å². The zero-order valence-corrected chi connectivity index (χ0v) is 13.4. The lowest BCUT2D eigenvalue weighted by Gasteiger charge is -2.22. The minimum atomic E-state index is -0.580. The number of nitrogens with two attached hydrogens (primary N) is 1. The molecule has 2 atom stereocenters. The largest absolute Gasteiger partial charge is 0.497 e. The lowest BCUT2D eigenvalue weighted by molar-refractivity contribution is 0.127. The summed E-state index contributed by atoms with van der Waals surface area (Å²) in [4.78, 5) is 0. The third-order valence-corrected chi connectivity index (χ3v) is 3.25. The number of hydrogen-bond acceptors (Lipinski definition) is 4. The average molecular weight is 304 g/mol. The van der Waals surface area contributed by atoms with Crippen LogP contribution in [0.3, 0.4) is 0 Å². The first-order valence-electron chi connectivity index (χ1n) is 6.65. The molecule has 1 aromatic rings. The summed E-state index contributed by atoms with van der Waals surface area (Å²) in [5.74, 6) is 1.94. The fraction of sp³-hybridized carbons (Fsp3) is 0.600. The molecular weight excluding hydrogens is 278 g/mol. The van der Waals surface area contributed by atoms with Gasteiger partial charge in [-0.3, -0.25) is 0 Å². The average Bonchev–Trinajstić information content (AvgIpc) is 2.42. The maximum absolute atomic E-state index is 10.2. The van der Waals surface area contributed by atoms with Crippen LogP contribution >= 0.6 is 12.4 Å². The van der Waals surface area contributed by atoms with E-state index in [1.807, 2.05) is 18.2 Å². The highest BCUT2D eigenvalue weighted by Gasteiger charge is 2.21. The van der Waals surface area contributed by atoms with E-state index in [0.29, 0.717) is 23.8 Å². The maximum Gasteiger partial charge on any atom is 0.123 e. The summed E-state index contributed by atoms with van der Waals surface area (Å²) >= 11 is 0. The molecule has 4 nitrogen and oxygen atoms in total. The molecule has 1 aromatic carbocycles. The number of hydrogen-bond donors (Lipinski definition) is 2. The second-order valence-corrected chi connectivity index (χ2v) is 5.17. The zero-order valence-electron chi connectivity index (χ0n) is 12.6. The van der Waals surface area contributed by atoms with Crippen molar-refractivity contribution < 1.29 is 14.6 Å². The van der Waals surface area contributed by atoms with E-state index in [4.69, 9.17) is 15.2 Å².